The molecule has 1 aromatic carbocycles. The molecule has 0 aliphatic rings. The highest BCUT2D eigenvalue weighted by molar-refractivity contribution is 5.71. The number of nitrogens with two attached hydrogens (primary N) is 3. The van der Waals surface area contributed by atoms with Gasteiger partial charge in [-0.1, -0.05) is 6.07 Å². The number of aromatic nitrogens is 1. The third-order valence-corrected chi connectivity index (χ3v) is 2.61. The predicted molar refractivity (Wildman–Crippen MR) is 71.6 cm³/mol. The van der Waals surface area contributed by atoms with Crippen molar-refractivity contribution in [2.45, 2.75) is 6.61 Å². The van der Waals surface area contributed by atoms with Crippen molar-refractivity contribution in [1.29, 1.82) is 0 Å². The highest BCUT2D eigenvalue weighted by Gasteiger charge is 2.13. The molecule has 6 nitrogen and oxygen atoms in total. The van der Waals surface area contributed by atoms with E-state index in [-0.39, 0.29) is 35.2 Å². The molecule has 0 saturated carbocycles. The third kappa shape index (κ3) is 2.69. The van der Waals surface area contributed by atoms with E-state index in [0.29, 0.717) is 0 Å². The van der Waals surface area contributed by atoms with E-state index in [2.05, 4.69) is 10.4 Å². The van der Waals surface area contributed by atoms with Crippen LogP contribution in [-0.2, 0) is 6.61 Å². The Bertz CT molecular complexity index is 615. The fourth-order valence-electron chi connectivity index (χ4n) is 1.60. The van der Waals surface area contributed by atoms with Gasteiger partial charge < -0.3 is 21.6 Å². The highest BCUT2D eigenvalue weighted by Crippen LogP contribution is 2.30. The Morgan fingerprint density at radius 2 is 1.85 bits per heavy atom. The Hall–Kier alpha value is -2.61. The molecule has 0 aliphatic heterocycles. The summed E-state index contributed by atoms with van der Waals surface area (Å²) < 4.78 is 32.2. The number of ether oxygens (including phenoxy) is 1. The Kier molecular flexibility index (Phi) is 3.85. The zero-order valence-electron chi connectivity index (χ0n) is 10.4. The number of halogens is 2. The molecule has 0 amide bonds. The molecule has 7 N–H and O–H groups in total. The average Bonchev–Trinajstić information content (AvgIpc) is 2.41. The molecule has 20 heavy (non-hydrogen) atoms. The molecule has 0 saturated heterocycles. The molecule has 0 radical (unpaired) electrons. The van der Waals surface area contributed by atoms with Gasteiger partial charge in [-0.15, -0.1) is 0 Å². The highest BCUT2D eigenvalue weighted by atomic mass is 19.1. The lowest BCUT2D eigenvalue weighted by Gasteiger charge is -2.13. The van der Waals surface area contributed by atoms with Crippen LogP contribution in [0.25, 0.3) is 0 Å². The number of anilines is 3. The fourth-order valence-corrected chi connectivity index (χ4v) is 1.60. The van der Waals surface area contributed by atoms with Crippen molar-refractivity contribution in [1.82, 2.24) is 4.98 Å². The van der Waals surface area contributed by atoms with E-state index in [0.717, 1.165) is 12.1 Å². The molecule has 1 aromatic heterocycles. The number of nitrogens with one attached hydrogen (secondary N) is 1. The molecule has 0 aliphatic carbocycles. The van der Waals surface area contributed by atoms with E-state index in [1.807, 2.05) is 0 Å². The van der Waals surface area contributed by atoms with Crippen molar-refractivity contribution in [3.05, 3.63) is 41.5 Å². The maximum atomic E-state index is 13.5. The summed E-state index contributed by atoms with van der Waals surface area (Å²) in [5.74, 6) is 4.17. The van der Waals surface area contributed by atoms with Gasteiger partial charge in [-0.3, -0.25) is 0 Å². The Labute approximate surface area is 113 Å². The monoisotopic (exact) mass is 281 g/mol. The van der Waals surface area contributed by atoms with Gasteiger partial charge in [-0.05, 0) is 12.1 Å². The molecule has 1 heterocycles. The standard InChI is InChI=1S/C12H13F2N5O/c13-7-2-1-3-8(14)6(7)5-20-9-4-10(15)18-12(19-17)11(9)16/h1-4H,5,16-17H2,(H3,15,18,19). The zero-order valence-corrected chi connectivity index (χ0v) is 10.4. The summed E-state index contributed by atoms with van der Waals surface area (Å²) >= 11 is 0. The van der Waals surface area contributed by atoms with Crippen LogP contribution in [0.4, 0.5) is 26.1 Å². The van der Waals surface area contributed by atoms with E-state index in [1.54, 1.807) is 0 Å². The topological polar surface area (TPSA) is 112 Å². The maximum Gasteiger partial charge on any atom is 0.169 e. The van der Waals surface area contributed by atoms with Gasteiger partial charge in [0.25, 0.3) is 0 Å². The van der Waals surface area contributed by atoms with Crippen LogP contribution in [0.5, 0.6) is 5.75 Å². The minimum absolute atomic E-state index is 0.0958. The van der Waals surface area contributed by atoms with Crippen LogP contribution >= 0.6 is 0 Å². The SMILES string of the molecule is NNc1nc(N)cc(OCc2c(F)cccc2F)c1N. The average molecular weight is 281 g/mol. The van der Waals surface area contributed by atoms with E-state index >= 15 is 0 Å². The van der Waals surface area contributed by atoms with Crippen molar-refractivity contribution < 1.29 is 13.5 Å². The van der Waals surface area contributed by atoms with Crippen LogP contribution in [0, 0.1) is 11.6 Å². The fraction of sp³-hybridized carbons (Fsp3) is 0.0833. The summed E-state index contributed by atoms with van der Waals surface area (Å²) in [6, 6.07) is 4.89. The number of benzene rings is 1. The quantitative estimate of drug-likeness (QED) is 0.497. The summed E-state index contributed by atoms with van der Waals surface area (Å²) in [4.78, 5) is 3.83. The zero-order chi connectivity index (χ0) is 14.7. The number of nitrogens with zero attached hydrogens (tertiary/aromatic N) is 1. The van der Waals surface area contributed by atoms with Crippen LogP contribution in [-0.4, -0.2) is 4.98 Å². The van der Waals surface area contributed by atoms with Gasteiger partial charge in [0.05, 0.1) is 5.56 Å². The number of pyridine rings is 1. The molecule has 106 valence electrons. The van der Waals surface area contributed by atoms with Crippen molar-refractivity contribution in [3.8, 4) is 5.75 Å². The second kappa shape index (κ2) is 5.57. The molecule has 0 bridgehead atoms. The Morgan fingerprint density at radius 3 is 2.45 bits per heavy atom. The molecular formula is C12H13F2N5O. The molecule has 0 unspecified atom stereocenters. The normalized spacial score (nSPS) is 10.3. The van der Waals surface area contributed by atoms with Crippen LogP contribution in [0.15, 0.2) is 24.3 Å². The minimum Gasteiger partial charge on any atom is -0.486 e. The first-order valence-electron chi connectivity index (χ1n) is 5.61. The van der Waals surface area contributed by atoms with Crippen LogP contribution in [0.3, 0.4) is 0 Å². The first-order chi connectivity index (χ1) is 9.52. The molecule has 0 spiro atoms. The number of nitrogen functional groups attached to an aromatic ring is 3. The van der Waals surface area contributed by atoms with Gasteiger partial charge in [-0.2, -0.15) is 0 Å². The van der Waals surface area contributed by atoms with Crippen LogP contribution < -0.4 is 27.5 Å². The van der Waals surface area contributed by atoms with Gasteiger partial charge in [-0.25, -0.2) is 19.6 Å². The second-order valence-electron chi connectivity index (χ2n) is 3.94. The number of hydrazine groups is 1. The summed E-state index contributed by atoms with van der Waals surface area (Å²) in [7, 11) is 0. The number of hydrogen-bond acceptors (Lipinski definition) is 6. The van der Waals surface area contributed by atoms with Gasteiger partial charge in [0.1, 0.15) is 35.5 Å². The van der Waals surface area contributed by atoms with Gasteiger partial charge >= 0.3 is 0 Å². The van der Waals surface area contributed by atoms with Gasteiger partial charge in [0.2, 0.25) is 0 Å². The maximum absolute atomic E-state index is 13.5. The van der Waals surface area contributed by atoms with Crippen molar-refractivity contribution >= 4 is 17.3 Å². The summed E-state index contributed by atoms with van der Waals surface area (Å²) in [6.07, 6.45) is 0. The van der Waals surface area contributed by atoms with E-state index < -0.39 is 11.6 Å². The Balaban J connectivity index is 2.25. The lowest BCUT2D eigenvalue weighted by atomic mass is 10.2. The first kappa shape index (κ1) is 13.8. The summed E-state index contributed by atoms with van der Waals surface area (Å²) in [6.45, 7) is -0.337. The summed E-state index contributed by atoms with van der Waals surface area (Å²) in [5.41, 5.74) is 13.4. The van der Waals surface area contributed by atoms with Crippen LogP contribution in [0.2, 0.25) is 0 Å². The predicted octanol–water partition coefficient (Wildman–Crippen LogP) is 1.39. The molecule has 8 heteroatoms. The third-order valence-electron chi connectivity index (χ3n) is 2.61. The smallest absolute Gasteiger partial charge is 0.169 e. The number of rotatable bonds is 4. The van der Waals surface area contributed by atoms with Crippen molar-refractivity contribution in [2.24, 2.45) is 5.84 Å². The second-order valence-corrected chi connectivity index (χ2v) is 3.94. The Morgan fingerprint density at radius 1 is 1.20 bits per heavy atom. The molecule has 0 fully saturated rings. The lowest BCUT2D eigenvalue weighted by Crippen LogP contribution is -2.13. The van der Waals surface area contributed by atoms with E-state index in [4.69, 9.17) is 22.0 Å². The molecule has 0 atom stereocenters. The van der Waals surface area contributed by atoms with Crippen molar-refractivity contribution in [2.75, 3.05) is 16.9 Å². The van der Waals surface area contributed by atoms with Gasteiger partial charge in [0.15, 0.2) is 5.82 Å². The molecule has 2 aromatic rings. The lowest BCUT2D eigenvalue weighted by molar-refractivity contribution is 0.294. The van der Waals surface area contributed by atoms with E-state index in [9.17, 15) is 8.78 Å². The van der Waals surface area contributed by atoms with Crippen LogP contribution in [0.1, 0.15) is 5.56 Å². The summed E-state index contributed by atoms with van der Waals surface area (Å²) in [5, 5.41) is 0. The minimum atomic E-state index is -0.706. The molecule has 2 rings (SSSR count). The van der Waals surface area contributed by atoms with Crippen molar-refractivity contribution in [3.63, 3.8) is 0 Å². The van der Waals surface area contributed by atoms with E-state index in [1.165, 1.54) is 12.1 Å². The largest absolute Gasteiger partial charge is 0.486 e. The first-order valence-corrected chi connectivity index (χ1v) is 5.61. The molecular weight excluding hydrogens is 268 g/mol. The van der Waals surface area contributed by atoms with Gasteiger partial charge in [0, 0.05) is 6.07 Å². The number of hydrogen-bond donors (Lipinski definition) is 4.